The summed E-state index contributed by atoms with van der Waals surface area (Å²) in [7, 11) is 0. The van der Waals surface area contributed by atoms with Crippen LogP contribution >= 0.6 is 0 Å². The smallest absolute Gasteiger partial charge is 0.163 e. The van der Waals surface area contributed by atoms with Gasteiger partial charge in [-0.3, -0.25) is 4.79 Å². The number of nitrogens with zero attached hydrogens (tertiary/aromatic N) is 2. The molecule has 1 heterocycles. The highest BCUT2D eigenvalue weighted by molar-refractivity contribution is 5.94. The summed E-state index contributed by atoms with van der Waals surface area (Å²) in [5.41, 5.74) is 4.15. The van der Waals surface area contributed by atoms with Crippen molar-refractivity contribution in [2.75, 3.05) is 0 Å². The Kier molecular flexibility index (Phi) is 3.35. The number of rotatable bonds is 2. The molecular weight excluding hydrogens is 248 g/mol. The van der Waals surface area contributed by atoms with Crippen LogP contribution in [0.1, 0.15) is 58.7 Å². The van der Waals surface area contributed by atoms with E-state index < -0.39 is 0 Å². The number of aryl methyl sites for hydroxylation is 2. The van der Waals surface area contributed by atoms with Gasteiger partial charge in [-0.2, -0.15) is 0 Å². The first-order valence-electron chi connectivity index (χ1n) is 7.09. The molecule has 102 valence electrons. The summed E-state index contributed by atoms with van der Waals surface area (Å²) in [4.78, 5) is 20.5. The summed E-state index contributed by atoms with van der Waals surface area (Å²) in [5, 5.41) is 0. The topological polar surface area (TPSA) is 42.9 Å². The lowest BCUT2D eigenvalue weighted by atomic mass is 9.82. The summed E-state index contributed by atoms with van der Waals surface area (Å²) in [6.45, 7) is 3.44. The Balaban J connectivity index is 2.03. The fraction of sp³-hybridized carbons (Fsp3) is 0.353. The highest BCUT2D eigenvalue weighted by Gasteiger charge is 2.24. The number of aromatic nitrogens is 2. The molecule has 2 aromatic rings. The summed E-state index contributed by atoms with van der Waals surface area (Å²) in [6.07, 6.45) is 5.06. The largest absolute Gasteiger partial charge is 0.294 e. The van der Waals surface area contributed by atoms with Crippen molar-refractivity contribution in [3.05, 3.63) is 58.7 Å². The van der Waals surface area contributed by atoms with Gasteiger partial charge in [0.2, 0.25) is 0 Å². The molecule has 1 aliphatic rings. The van der Waals surface area contributed by atoms with E-state index in [1.165, 1.54) is 17.5 Å². The predicted octanol–water partition coefficient (Wildman–Crippen LogP) is 3.46. The van der Waals surface area contributed by atoms with Crippen LogP contribution in [-0.4, -0.2) is 15.8 Å². The maximum atomic E-state index is 11.5. The number of hydrogen-bond acceptors (Lipinski definition) is 3. The number of carbonyl (C=O) groups is 1. The Morgan fingerprint density at radius 2 is 2.10 bits per heavy atom. The molecule has 3 heteroatoms. The fourth-order valence-electron chi connectivity index (χ4n) is 3.02. The SMILES string of the molecule is CC(=O)c1cnc(C2CCCc3ccccc32)nc1C. The van der Waals surface area contributed by atoms with Crippen molar-refractivity contribution in [3.8, 4) is 0 Å². The van der Waals surface area contributed by atoms with E-state index in [4.69, 9.17) is 0 Å². The van der Waals surface area contributed by atoms with Crippen LogP contribution in [0.3, 0.4) is 0 Å². The molecule has 0 spiro atoms. The maximum absolute atomic E-state index is 11.5. The van der Waals surface area contributed by atoms with Crippen LogP contribution in [0, 0.1) is 6.92 Å². The number of benzene rings is 1. The van der Waals surface area contributed by atoms with Gasteiger partial charge < -0.3 is 0 Å². The second-order valence-electron chi connectivity index (χ2n) is 5.43. The number of ketones is 1. The maximum Gasteiger partial charge on any atom is 0.163 e. The van der Waals surface area contributed by atoms with Gasteiger partial charge in [0.15, 0.2) is 5.78 Å². The van der Waals surface area contributed by atoms with Crippen LogP contribution in [0.5, 0.6) is 0 Å². The minimum Gasteiger partial charge on any atom is -0.294 e. The molecule has 3 nitrogen and oxygen atoms in total. The van der Waals surface area contributed by atoms with E-state index in [-0.39, 0.29) is 11.7 Å². The highest BCUT2D eigenvalue weighted by atomic mass is 16.1. The molecule has 0 saturated heterocycles. The zero-order chi connectivity index (χ0) is 14.1. The van der Waals surface area contributed by atoms with Crippen molar-refractivity contribution in [1.82, 2.24) is 9.97 Å². The van der Waals surface area contributed by atoms with Crippen LogP contribution in [0.4, 0.5) is 0 Å². The first-order chi connectivity index (χ1) is 9.66. The summed E-state index contributed by atoms with van der Waals surface area (Å²) >= 11 is 0. The Bertz CT molecular complexity index is 664. The lowest BCUT2D eigenvalue weighted by Gasteiger charge is -2.24. The normalized spacial score (nSPS) is 17.6. The van der Waals surface area contributed by atoms with E-state index in [0.29, 0.717) is 5.56 Å². The molecule has 0 aliphatic heterocycles. The van der Waals surface area contributed by atoms with E-state index in [0.717, 1.165) is 24.4 Å². The Morgan fingerprint density at radius 3 is 2.85 bits per heavy atom. The molecule has 0 bridgehead atoms. The van der Waals surface area contributed by atoms with Crippen molar-refractivity contribution in [2.45, 2.75) is 39.0 Å². The Labute approximate surface area is 119 Å². The van der Waals surface area contributed by atoms with Gasteiger partial charge in [-0.05, 0) is 44.2 Å². The molecule has 20 heavy (non-hydrogen) atoms. The van der Waals surface area contributed by atoms with Gasteiger partial charge in [-0.25, -0.2) is 9.97 Å². The third-order valence-electron chi connectivity index (χ3n) is 4.06. The zero-order valence-corrected chi connectivity index (χ0v) is 11.9. The van der Waals surface area contributed by atoms with Gasteiger partial charge in [0, 0.05) is 12.1 Å². The standard InChI is InChI=1S/C17H18N2O/c1-11-16(12(2)20)10-18-17(19-11)15-9-5-7-13-6-3-4-8-14(13)15/h3-4,6,8,10,15H,5,7,9H2,1-2H3. The molecular formula is C17H18N2O. The lowest BCUT2D eigenvalue weighted by Crippen LogP contribution is -2.15. The molecule has 1 aromatic heterocycles. The molecule has 1 atom stereocenters. The lowest BCUT2D eigenvalue weighted by molar-refractivity contribution is 0.101. The van der Waals surface area contributed by atoms with Gasteiger partial charge in [0.1, 0.15) is 5.82 Å². The number of fused-ring (bicyclic) bond motifs is 1. The summed E-state index contributed by atoms with van der Waals surface area (Å²) in [5.74, 6) is 1.14. The van der Waals surface area contributed by atoms with E-state index in [1.807, 2.05) is 6.92 Å². The van der Waals surface area contributed by atoms with Gasteiger partial charge in [-0.1, -0.05) is 24.3 Å². The second kappa shape index (κ2) is 5.16. The molecule has 1 unspecified atom stereocenters. The molecule has 0 amide bonds. The highest BCUT2D eigenvalue weighted by Crippen LogP contribution is 2.34. The van der Waals surface area contributed by atoms with Crippen LogP contribution < -0.4 is 0 Å². The summed E-state index contributed by atoms with van der Waals surface area (Å²) < 4.78 is 0. The average molecular weight is 266 g/mol. The average Bonchev–Trinajstić information content (AvgIpc) is 2.46. The van der Waals surface area contributed by atoms with E-state index in [9.17, 15) is 4.79 Å². The number of Topliss-reactive ketones (excluding diaryl/α,β-unsaturated/α-hetero) is 1. The van der Waals surface area contributed by atoms with Crippen LogP contribution in [0.25, 0.3) is 0 Å². The van der Waals surface area contributed by atoms with Crippen LogP contribution in [-0.2, 0) is 6.42 Å². The zero-order valence-electron chi connectivity index (χ0n) is 11.9. The first-order valence-corrected chi connectivity index (χ1v) is 7.09. The second-order valence-corrected chi connectivity index (χ2v) is 5.43. The number of hydrogen-bond donors (Lipinski definition) is 0. The van der Waals surface area contributed by atoms with Crippen molar-refractivity contribution < 1.29 is 4.79 Å². The molecule has 0 saturated carbocycles. The third-order valence-corrected chi connectivity index (χ3v) is 4.06. The third kappa shape index (κ3) is 2.24. The Morgan fingerprint density at radius 1 is 1.30 bits per heavy atom. The van der Waals surface area contributed by atoms with E-state index in [1.54, 1.807) is 13.1 Å². The van der Waals surface area contributed by atoms with Crippen molar-refractivity contribution in [2.24, 2.45) is 0 Å². The van der Waals surface area contributed by atoms with Crippen LogP contribution in [0.2, 0.25) is 0 Å². The quantitative estimate of drug-likeness (QED) is 0.782. The van der Waals surface area contributed by atoms with Gasteiger partial charge in [0.05, 0.1) is 11.3 Å². The van der Waals surface area contributed by atoms with Gasteiger partial charge in [0.25, 0.3) is 0 Å². The van der Waals surface area contributed by atoms with Crippen molar-refractivity contribution >= 4 is 5.78 Å². The summed E-state index contributed by atoms with van der Waals surface area (Å²) in [6, 6.07) is 8.54. The molecule has 1 aromatic carbocycles. The number of carbonyl (C=O) groups excluding carboxylic acids is 1. The first kappa shape index (κ1) is 13.0. The molecule has 0 fully saturated rings. The van der Waals surface area contributed by atoms with Crippen molar-refractivity contribution in [1.29, 1.82) is 0 Å². The molecule has 0 N–H and O–H groups in total. The predicted molar refractivity (Wildman–Crippen MR) is 78.0 cm³/mol. The Hall–Kier alpha value is -2.03. The van der Waals surface area contributed by atoms with Crippen molar-refractivity contribution in [3.63, 3.8) is 0 Å². The fourth-order valence-corrected chi connectivity index (χ4v) is 3.02. The molecule has 0 radical (unpaired) electrons. The van der Waals surface area contributed by atoms with E-state index >= 15 is 0 Å². The van der Waals surface area contributed by atoms with E-state index in [2.05, 4.69) is 34.2 Å². The molecule has 3 rings (SSSR count). The molecule has 1 aliphatic carbocycles. The van der Waals surface area contributed by atoms with Gasteiger partial charge in [-0.15, -0.1) is 0 Å². The van der Waals surface area contributed by atoms with Crippen LogP contribution in [0.15, 0.2) is 30.5 Å². The minimum atomic E-state index is 0.0260. The minimum absolute atomic E-state index is 0.0260. The van der Waals surface area contributed by atoms with Gasteiger partial charge >= 0.3 is 0 Å². The monoisotopic (exact) mass is 266 g/mol.